The van der Waals surface area contributed by atoms with Crippen LogP contribution in [0, 0.1) is 5.92 Å². The lowest BCUT2D eigenvalue weighted by molar-refractivity contribution is 0.347. The molecule has 1 aliphatic rings. The van der Waals surface area contributed by atoms with E-state index >= 15 is 0 Å². The van der Waals surface area contributed by atoms with Crippen LogP contribution in [0.4, 0.5) is 5.69 Å². The van der Waals surface area contributed by atoms with Crippen LogP contribution in [0.5, 0.6) is 0 Å². The zero-order chi connectivity index (χ0) is 24.4. The van der Waals surface area contributed by atoms with Crippen LogP contribution in [0.25, 0.3) is 0 Å². The van der Waals surface area contributed by atoms with Crippen molar-refractivity contribution >= 4 is 5.69 Å². The fourth-order valence-corrected chi connectivity index (χ4v) is 4.52. The lowest BCUT2D eigenvalue weighted by atomic mass is 9.87. The van der Waals surface area contributed by atoms with Crippen molar-refractivity contribution in [2.45, 2.75) is 110 Å². The van der Waals surface area contributed by atoms with Crippen LogP contribution in [-0.2, 0) is 6.42 Å². The fraction of sp³-hybridized carbons (Fsp3) is 0.576. The zero-order valence-corrected chi connectivity index (χ0v) is 22.5. The molecule has 34 heavy (non-hydrogen) atoms. The first-order valence-electron chi connectivity index (χ1n) is 14.2. The molecule has 0 radical (unpaired) electrons. The first-order chi connectivity index (χ1) is 16.7. The van der Waals surface area contributed by atoms with E-state index in [1.165, 1.54) is 93.9 Å². The Hall–Kier alpha value is -2.02. The van der Waals surface area contributed by atoms with Crippen molar-refractivity contribution in [3.8, 4) is 0 Å². The number of unbranched alkanes of at least 4 members (excludes halogenated alkanes) is 4. The molecule has 0 spiro atoms. The third-order valence-corrected chi connectivity index (χ3v) is 7.07. The van der Waals surface area contributed by atoms with Crippen molar-refractivity contribution in [3.05, 3.63) is 78.4 Å². The van der Waals surface area contributed by atoms with Crippen molar-refractivity contribution in [1.29, 1.82) is 0 Å². The maximum Gasteiger partial charge on any atom is 0.0389 e. The van der Waals surface area contributed by atoms with E-state index in [0.29, 0.717) is 6.04 Å². The van der Waals surface area contributed by atoms with Gasteiger partial charge in [-0.2, -0.15) is 0 Å². The summed E-state index contributed by atoms with van der Waals surface area (Å²) in [7, 11) is 0. The molecule has 3 rings (SSSR count). The maximum atomic E-state index is 4.32. The lowest BCUT2D eigenvalue weighted by Gasteiger charge is -2.37. The Morgan fingerprint density at radius 1 is 0.794 bits per heavy atom. The van der Waals surface area contributed by atoms with Crippen molar-refractivity contribution in [3.63, 3.8) is 0 Å². The third-order valence-electron chi connectivity index (χ3n) is 7.07. The average Bonchev–Trinajstić information content (AvgIpc) is 3.77. The van der Waals surface area contributed by atoms with E-state index in [-0.39, 0.29) is 0 Å². The van der Waals surface area contributed by atoms with Crippen molar-refractivity contribution in [2.75, 3.05) is 11.4 Å². The smallest absolute Gasteiger partial charge is 0.0389 e. The Morgan fingerprint density at radius 3 is 1.97 bits per heavy atom. The molecular formula is C33H51N. The summed E-state index contributed by atoms with van der Waals surface area (Å²) in [5, 5.41) is 0. The van der Waals surface area contributed by atoms with E-state index in [9.17, 15) is 0 Å². The van der Waals surface area contributed by atoms with Gasteiger partial charge >= 0.3 is 0 Å². The molecule has 0 aliphatic heterocycles. The average molecular weight is 462 g/mol. The number of anilines is 1. The Bertz CT molecular complexity index is 746. The molecule has 0 N–H and O–H groups in total. The van der Waals surface area contributed by atoms with E-state index < -0.39 is 0 Å². The van der Waals surface area contributed by atoms with Crippen LogP contribution in [0.3, 0.4) is 0 Å². The third kappa shape index (κ3) is 11.9. The van der Waals surface area contributed by atoms with Gasteiger partial charge in [0, 0.05) is 18.3 Å². The molecular weight excluding hydrogens is 410 g/mol. The van der Waals surface area contributed by atoms with E-state index in [0.717, 1.165) is 18.9 Å². The highest BCUT2D eigenvalue weighted by Gasteiger charge is 2.23. The molecule has 1 heteroatoms. The molecule has 0 saturated heterocycles. The minimum Gasteiger partial charge on any atom is -0.365 e. The normalized spacial score (nSPS) is 14.0. The minimum atomic E-state index is 0.543. The molecule has 0 amide bonds. The summed E-state index contributed by atoms with van der Waals surface area (Å²) in [6, 6.07) is 22.4. The van der Waals surface area contributed by atoms with Crippen LogP contribution < -0.4 is 4.90 Å². The van der Waals surface area contributed by atoms with Gasteiger partial charge < -0.3 is 4.90 Å². The van der Waals surface area contributed by atoms with E-state index in [2.05, 4.69) is 92.9 Å². The van der Waals surface area contributed by atoms with E-state index in [1.807, 2.05) is 0 Å². The predicted molar refractivity (Wildman–Crippen MR) is 153 cm³/mol. The summed E-state index contributed by atoms with van der Waals surface area (Å²) in [6.07, 6.45) is 17.4. The molecule has 2 aromatic carbocycles. The van der Waals surface area contributed by atoms with Gasteiger partial charge in [-0.3, -0.25) is 0 Å². The van der Waals surface area contributed by atoms with Gasteiger partial charge in [-0.15, -0.1) is 0 Å². The quantitative estimate of drug-likeness (QED) is 0.177. The van der Waals surface area contributed by atoms with Gasteiger partial charge in [0.15, 0.2) is 0 Å². The molecule has 2 atom stereocenters. The second-order valence-corrected chi connectivity index (χ2v) is 10.2. The highest BCUT2D eigenvalue weighted by atomic mass is 15.2. The minimum absolute atomic E-state index is 0.543. The molecule has 0 heterocycles. The predicted octanol–water partition coefficient (Wildman–Crippen LogP) is 10.0. The molecule has 1 nitrogen and oxygen atoms in total. The second kappa shape index (κ2) is 17.4. The SMILES string of the molecule is C1CC1.C=C(CC)CN(c1ccccc1)[C@H](C)C(CCCC)CCCCCCc1ccccc1. The van der Waals surface area contributed by atoms with Crippen LogP contribution in [0.1, 0.15) is 103 Å². The summed E-state index contributed by atoms with van der Waals surface area (Å²) in [6.45, 7) is 12.3. The molecule has 0 aromatic heterocycles. The van der Waals surface area contributed by atoms with Crippen molar-refractivity contribution in [1.82, 2.24) is 0 Å². The topological polar surface area (TPSA) is 3.24 Å². The Balaban J connectivity index is 0.00000126. The van der Waals surface area contributed by atoms with Gasteiger partial charge in [0.2, 0.25) is 0 Å². The van der Waals surface area contributed by atoms with Gasteiger partial charge in [0.1, 0.15) is 0 Å². The monoisotopic (exact) mass is 461 g/mol. The number of hydrogen-bond donors (Lipinski definition) is 0. The summed E-state index contributed by atoms with van der Waals surface area (Å²) < 4.78 is 0. The molecule has 188 valence electrons. The Kier molecular flexibility index (Phi) is 14.5. The summed E-state index contributed by atoms with van der Waals surface area (Å²) >= 11 is 0. The van der Waals surface area contributed by atoms with Crippen molar-refractivity contribution in [2.24, 2.45) is 5.92 Å². The molecule has 0 bridgehead atoms. The lowest BCUT2D eigenvalue weighted by Crippen LogP contribution is -2.40. The fourth-order valence-electron chi connectivity index (χ4n) is 4.52. The first-order valence-corrected chi connectivity index (χ1v) is 14.2. The second-order valence-electron chi connectivity index (χ2n) is 10.2. The highest BCUT2D eigenvalue weighted by Crippen LogP contribution is 2.29. The summed E-state index contributed by atoms with van der Waals surface area (Å²) in [5.74, 6) is 0.749. The number of hydrogen-bond acceptors (Lipinski definition) is 1. The molecule has 1 fully saturated rings. The number of para-hydroxylation sites is 1. The van der Waals surface area contributed by atoms with E-state index in [1.54, 1.807) is 0 Å². The summed E-state index contributed by atoms with van der Waals surface area (Å²) in [4.78, 5) is 2.61. The largest absolute Gasteiger partial charge is 0.365 e. The van der Waals surface area contributed by atoms with Gasteiger partial charge in [-0.25, -0.2) is 0 Å². The highest BCUT2D eigenvalue weighted by molar-refractivity contribution is 5.48. The number of nitrogens with zero attached hydrogens (tertiary/aromatic N) is 1. The number of aryl methyl sites for hydroxylation is 1. The maximum absolute atomic E-state index is 4.32. The Morgan fingerprint density at radius 2 is 1.38 bits per heavy atom. The van der Waals surface area contributed by atoms with Crippen LogP contribution in [0.15, 0.2) is 72.8 Å². The standard InChI is InChI=1S/C30H45N.C3H6/c1-5-7-21-29(22-15-9-8-12-18-28-19-13-10-14-20-28)27(4)31(25-26(3)6-2)30-23-16-11-17-24-30;1-2-3-1/h10-11,13-14,16-17,19-20,23-24,27,29H,3,5-9,12,15,18,21-22,25H2,1-2,4H3;1-3H2/t27-,29?;/m1./s1. The van der Waals surface area contributed by atoms with Gasteiger partial charge in [-0.1, -0.05) is 126 Å². The van der Waals surface area contributed by atoms with Crippen LogP contribution in [0.2, 0.25) is 0 Å². The molecule has 1 saturated carbocycles. The van der Waals surface area contributed by atoms with Gasteiger partial charge in [0.25, 0.3) is 0 Å². The van der Waals surface area contributed by atoms with Crippen LogP contribution >= 0.6 is 0 Å². The molecule has 1 aliphatic carbocycles. The first kappa shape index (κ1) is 28.2. The zero-order valence-electron chi connectivity index (χ0n) is 22.5. The molecule has 2 aromatic rings. The molecule has 1 unspecified atom stereocenters. The number of rotatable bonds is 16. The van der Waals surface area contributed by atoms with Crippen molar-refractivity contribution < 1.29 is 0 Å². The summed E-state index contributed by atoms with van der Waals surface area (Å²) in [5.41, 5.74) is 4.14. The van der Waals surface area contributed by atoms with Crippen LogP contribution in [-0.4, -0.2) is 12.6 Å². The van der Waals surface area contributed by atoms with Gasteiger partial charge in [-0.05, 0) is 62.6 Å². The van der Waals surface area contributed by atoms with E-state index in [4.69, 9.17) is 0 Å². The Labute approximate surface area is 211 Å². The van der Waals surface area contributed by atoms with Gasteiger partial charge in [0.05, 0.1) is 0 Å². The number of benzene rings is 2.